The van der Waals surface area contributed by atoms with Crippen LogP contribution in [0.4, 0.5) is 0 Å². The third-order valence-electron chi connectivity index (χ3n) is 1.07. The van der Waals surface area contributed by atoms with Gasteiger partial charge in [-0.1, -0.05) is 34.3 Å². The van der Waals surface area contributed by atoms with Crippen molar-refractivity contribution in [3.05, 3.63) is 23.9 Å². The van der Waals surface area contributed by atoms with E-state index in [2.05, 4.69) is 17.1 Å². The smallest absolute Gasteiger partial charge is 0.0519 e. The quantitative estimate of drug-likeness (QED) is 0.590. The van der Waals surface area contributed by atoms with E-state index in [1.165, 1.54) is 0 Å². The lowest BCUT2D eigenvalue weighted by Crippen LogP contribution is -2.08. The number of rotatable bonds is 0. The van der Waals surface area contributed by atoms with Crippen LogP contribution in [0.1, 0.15) is 34.6 Å². The molecule has 0 bridgehead atoms. The van der Waals surface area contributed by atoms with Gasteiger partial charge in [0.2, 0.25) is 0 Å². The van der Waals surface area contributed by atoms with Gasteiger partial charge in [-0.25, -0.2) is 0 Å². The van der Waals surface area contributed by atoms with Crippen LogP contribution >= 0.6 is 0 Å². The third kappa shape index (κ3) is 5.71. The van der Waals surface area contributed by atoms with Crippen molar-refractivity contribution in [1.29, 1.82) is 0 Å². The van der Waals surface area contributed by atoms with Crippen molar-refractivity contribution < 1.29 is 0 Å². The number of hydrogen-bond acceptors (Lipinski definition) is 2. The van der Waals surface area contributed by atoms with E-state index >= 15 is 0 Å². The Labute approximate surface area is 76.1 Å². The Morgan fingerprint density at radius 3 is 2.00 bits per heavy atom. The molecule has 0 radical (unpaired) electrons. The molecule has 0 saturated carbocycles. The summed E-state index contributed by atoms with van der Waals surface area (Å²) in [6, 6.07) is 0. The predicted octanol–water partition coefficient (Wildman–Crippen LogP) is 3.09. The zero-order valence-electron chi connectivity index (χ0n) is 8.81. The van der Waals surface area contributed by atoms with Crippen LogP contribution in [0.25, 0.3) is 0 Å². The summed E-state index contributed by atoms with van der Waals surface area (Å²) in [5.41, 5.74) is 4.76. The van der Waals surface area contributed by atoms with Crippen LogP contribution in [-0.4, -0.2) is 6.21 Å². The first-order valence-electron chi connectivity index (χ1n) is 4.46. The molecular formula is C10H20N2. The predicted molar refractivity (Wildman–Crippen MR) is 57.2 cm³/mol. The summed E-state index contributed by atoms with van der Waals surface area (Å²) in [5, 5.41) is 3.76. The van der Waals surface area contributed by atoms with E-state index in [9.17, 15) is 0 Å². The Morgan fingerprint density at radius 1 is 1.25 bits per heavy atom. The monoisotopic (exact) mass is 168 g/mol. The minimum Gasteiger partial charge on any atom is -0.279 e. The molecule has 0 fully saturated rings. The summed E-state index contributed by atoms with van der Waals surface area (Å²) in [4.78, 5) is 0. The largest absolute Gasteiger partial charge is 0.279 e. The molecule has 1 aliphatic heterocycles. The van der Waals surface area contributed by atoms with Crippen LogP contribution in [-0.2, 0) is 0 Å². The van der Waals surface area contributed by atoms with Crippen LogP contribution in [0.3, 0.4) is 0 Å². The maximum absolute atomic E-state index is 3.76. The van der Waals surface area contributed by atoms with E-state index in [4.69, 9.17) is 0 Å². The lowest BCUT2D eigenvalue weighted by Gasteiger charge is -2.06. The van der Waals surface area contributed by atoms with Crippen molar-refractivity contribution in [1.82, 2.24) is 5.43 Å². The van der Waals surface area contributed by atoms with Crippen LogP contribution in [0.2, 0.25) is 0 Å². The lowest BCUT2D eigenvalue weighted by atomic mass is 10.2. The van der Waals surface area contributed by atoms with Crippen LogP contribution < -0.4 is 5.43 Å². The molecule has 0 saturated heterocycles. The molecule has 12 heavy (non-hydrogen) atoms. The topological polar surface area (TPSA) is 24.4 Å². The van der Waals surface area contributed by atoms with Gasteiger partial charge in [0, 0.05) is 6.21 Å². The molecule has 0 aromatic rings. The van der Waals surface area contributed by atoms with E-state index in [0.29, 0.717) is 0 Å². The summed E-state index contributed by atoms with van der Waals surface area (Å²) in [7, 11) is 0. The molecule has 1 heterocycles. The fourth-order valence-electron chi connectivity index (χ4n) is 0.453. The summed E-state index contributed by atoms with van der Waals surface area (Å²) < 4.78 is 0. The SMILES string of the molecule is C=C1NN=CC=C1C.CC.CC. The van der Waals surface area contributed by atoms with Crippen molar-refractivity contribution in [2.75, 3.05) is 0 Å². The minimum absolute atomic E-state index is 0.882. The van der Waals surface area contributed by atoms with Gasteiger partial charge < -0.3 is 0 Å². The highest BCUT2D eigenvalue weighted by Crippen LogP contribution is 2.03. The van der Waals surface area contributed by atoms with Crippen molar-refractivity contribution >= 4 is 6.21 Å². The molecule has 1 aliphatic rings. The Kier molecular flexibility index (Phi) is 11.2. The second kappa shape index (κ2) is 9.95. The third-order valence-corrected chi connectivity index (χ3v) is 1.07. The number of allylic oxidation sites excluding steroid dienone is 2. The first-order chi connectivity index (χ1) is 5.80. The molecule has 0 unspecified atom stereocenters. The van der Waals surface area contributed by atoms with Crippen LogP contribution in [0, 0.1) is 0 Å². The summed E-state index contributed by atoms with van der Waals surface area (Å²) in [6.45, 7) is 13.7. The number of hydrogen-bond donors (Lipinski definition) is 1. The summed E-state index contributed by atoms with van der Waals surface area (Å²) in [6.07, 6.45) is 3.63. The van der Waals surface area contributed by atoms with E-state index < -0.39 is 0 Å². The average molecular weight is 168 g/mol. The maximum Gasteiger partial charge on any atom is 0.0519 e. The number of nitrogens with zero attached hydrogens (tertiary/aromatic N) is 1. The second-order valence-corrected chi connectivity index (χ2v) is 1.72. The molecule has 2 heteroatoms. The minimum atomic E-state index is 0.882. The standard InChI is InChI=1S/C6H8N2.2C2H6/c1-5-3-4-7-8-6(5)2;2*1-2/h3-4,8H,2H2,1H3;2*1-2H3. The van der Waals surface area contributed by atoms with Crippen molar-refractivity contribution in [3.8, 4) is 0 Å². The Morgan fingerprint density at radius 2 is 1.75 bits per heavy atom. The molecule has 1 N–H and O–H groups in total. The molecule has 0 aromatic heterocycles. The van der Waals surface area contributed by atoms with Gasteiger partial charge in [-0.15, -0.1) is 0 Å². The van der Waals surface area contributed by atoms with Gasteiger partial charge >= 0.3 is 0 Å². The Hall–Kier alpha value is -1.05. The summed E-state index contributed by atoms with van der Waals surface area (Å²) >= 11 is 0. The van der Waals surface area contributed by atoms with Gasteiger partial charge in [0.05, 0.1) is 5.70 Å². The Balaban J connectivity index is 0. The lowest BCUT2D eigenvalue weighted by molar-refractivity contribution is 0.898. The van der Waals surface area contributed by atoms with Crippen molar-refractivity contribution in [2.45, 2.75) is 34.6 Å². The van der Waals surface area contributed by atoms with Crippen molar-refractivity contribution in [2.24, 2.45) is 5.10 Å². The number of nitrogens with one attached hydrogen (secondary N) is 1. The second-order valence-electron chi connectivity index (χ2n) is 1.72. The molecule has 0 amide bonds. The van der Waals surface area contributed by atoms with E-state index in [1.54, 1.807) is 6.21 Å². The van der Waals surface area contributed by atoms with Crippen LogP contribution in [0.5, 0.6) is 0 Å². The van der Waals surface area contributed by atoms with Gasteiger partial charge in [0.25, 0.3) is 0 Å². The first kappa shape index (κ1) is 13.5. The molecule has 2 nitrogen and oxygen atoms in total. The molecular weight excluding hydrogens is 148 g/mol. The molecule has 0 aliphatic carbocycles. The van der Waals surface area contributed by atoms with E-state index in [1.807, 2.05) is 40.7 Å². The van der Waals surface area contributed by atoms with Gasteiger partial charge in [0.1, 0.15) is 0 Å². The van der Waals surface area contributed by atoms with E-state index in [0.717, 1.165) is 11.3 Å². The number of hydrazone groups is 1. The van der Waals surface area contributed by atoms with E-state index in [-0.39, 0.29) is 0 Å². The fraction of sp³-hybridized carbons (Fsp3) is 0.500. The van der Waals surface area contributed by atoms with Gasteiger partial charge in [-0.05, 0) is 18.6 Å². The molecule has 70 valence electrons. The van der Waals surface area contributed by atoms with Crippen molar-refractivity contribution in [3.63, 3.8) is 0 Å². The van der Waals surface area contributed by atoms with Gasteiger partial charge in [-0.3, -0.25) is 5.43 Å². The molecule has 0 spiro atoms. The Bertz CT molecular complexity index is 167. The zero-order valence-corrected chi connectivity index (χ0v) is 8.81. The average Bonchev–Trinajstić information content (AvgIpc) is 2.17. The molecule has 0 atom stereocenters. The highest BCUT2D eigenvalue weighted by molar-refractivity contribution is 5.74. The van der Waals surface area contributed by atoms with Gasteiger partial charge in [0.15, 0.2) is 0 Å². The zero-order chi connectivity index (χ0) is 9.98. The maximum atomic E-state index is 3.76. The first-order valence-corrected chi connectivity index (χ1v) is 4.46. The highest BCUT2D eigenvalue weighted by atomic mass is 15.3. The highest BCUT2D eigenvalue weighted by Gasteiger charge is 1.94. The van der Waals surface area contributed by atoms with Crippen LogP contribution in [0.15, 0.2) is 29.0 Å². The molecule has 0 aromatic carbocycles. The van der Waals surface area contributed by atoms with Gasteiger partial charge in [-0.2, -0.15) is 5.10 Å². The fourth-order valence-corrected chi connectivity index (χ4v) is 0.453. The normalized spacial score (nSPS) is 12.8. The molecule has 1 rings (SSSR count). The summed E-state index contributed by atoms with van der Waals surface area (Å²) in [5.74, 6) is 0.